The molecule has 0 spiro atoms. The lowest BCUT2D eigenvalue weighted by Crippen LogP contribution is -2.27. The van der Waals surface area contributed by atoms with E-state index in [1.165, 1.54) is 11.1 Å². The zero-order valence-corrected chi connectivity index (χ0v) is 11.4. The molecule has 0 heterocycles. The van der Waals surface area contributed by atoms with Gasteiger partial charge in [0.05, 0.1) is 5.41 Å². The van der Waals surface area contributed by atoms with Crippen molar-refractivity contribution in [1.29, 1.82) is 0 Å². The van der Waals surface area contributed by atoms with E-state index in [0.717, 1.165) is 17.2 Å². The van der Waals surface area contributed by atoms with Crippen molar-refractivity contribution in [3.05, 3.63) is 47.5 Å². The van der Waals surface area contributed by atoms with Gasteiger partial charge in [0.1, 0.15) is 11.5 Å². The zero-order valence-electron chi connectivity index (χ0n) is 11.4. The number of allylic oxidation sites excluding steroid dienone is 1. The summed E-state index contributed by atoms with van der Waals surface area (Å²) in [5.41, 5.74) is 2.16. The Morgan fingerprint density at radius 2 is 2.10 bits per heavy atom. The first kappa shape index (κ1) is 11.7. The van der Waals surface area contributed by atoms with E-state index < -0.39 is 0 Å². The molecule has 20 heavy (non-hydrogen) atoms. The van der Waals surface area contributed by atoms with Crippen LogP contribution < -0.4 is 0 Å². The minimum absolute atomic E-state index is 0.290. The predicted molar refractivity (Wildman–Crippen MR) is 79.7 cm³/mol. The topological polar surface area (TPSA) is 37.3 Å². The Balaban J connectivity index is 2.00. The van der Waals surface area contributed by atoms with Crippen molar-refractivity contribution in [1.82, 2.24) is 0 Å². The molecule has 0 aromatic heterocycles. The van der Waals surface area contributed by atoms with E-state index in [1.54, 1.807) is 12.1 Å². The van der Waals surface area contributed by atoms with Crippen LogP contribution in [0.1, 0.15) is 36.8 Å². The molecule has 1 N–H and O–H groups in total. The third kappa shape index (κ3) is 1.36. The van der Waals surface area contributed by atoms with Gasteiger partial charge in [-0.25, -0.2) is 0 Å². The lowest BCUT2D eigenvalue weighted by atomic mass is 9.70. The fourth-order valence-electron chi connectivity index (χ4n) is 3.83. The van der Waals surface area contributed by atoms with Gasteiger partial charge in [-0.15, -0.1) is 0 Å². The number of fused-ring (bicyclic) bond motifs is 5. The second-order valence-electron chi connectivity index (χ2n) is 6.10. The van der Waals surface area contributed by atoms with Crippen LogP contribution in [-0.4, -0.2) is 10.9 Å². The average molecular weight is 264 g/mol. The van der Waals surface area contributed by atoms with Crippen molar-refractivity contribution in [2.45, 2.75) is 25.7 Å². The Morgan fingerprint density at radius 1 is 1.25 bits per heavy atom. The zero-order chi connectivity index (χ0) is 13.9. The summed E-state index contributed by atoms with van der Waals surface area (Å²) in [5, 5.41) is 11.8. The fraction of sp³-hybridized carbons (Fsp3) is 0.278. The lowest BCUT2D eigenvalue weighted by Gasteiger charge is -2.32. The first-order valence-electron chi connectivity index (χ1n) is 7.08. The molecule has 2 nitrogen and oxygen atoms in total. The first-order chi connectivity index (χ1) is 9.59. The van der Waals surface area contributed by atoms with E-state index in [4.69, 9.17) is 0 Å². The van der Waals surface area contributed by atoms with Crippen molar-refractivity contribution in [2.24, 2.45) is 5.41 Å². The van der Waals surface area contributed by atoms with Crippen molar-refractivity contribution in [2.75, 3.05) is 0 Å². The fourth-order valence-corrected chi connectivity index (χ4v) is 3.83. The van der Waals surface area contributed by atoms with Gasteiger partial charge in [0.15, 0.2) is 0 Å². The number of hydrogen-bond acceptors (Lipinski definition) is 2. The van der Waals surface area contributed by atoms with E-state index in [0.29, 0.717) is 18.1 Å². The summed E-state index contributed by atoms with van der Waals surface area (Å²) in [5.74, 6) is 0.946. The maximum atomic E-state index is 12.2. The smallest absolute Gasteiger partial charge is 0.143 e. The Bertz CT molecular complexity index is 772. The van der Waals surface area contributed by atoms with E-state index in [-0.39, 0.29) is 11.2 Å². The van der Waals surface area contributed by atoms with Gasteiger partial charge in [-0.1, -0.05) is 30.4 Å². The van der Waals surface area contributed by atoms with Gasteiger partial charge >= 0.3 is 0 Å². The number of carbonyl (C=O) groups is 1. The van der Waals surface area contributed by atoms with Crippen LogP contribution in [0.2, 0.25) is 0 Å². The van der Waals surface area contributed by atoms with Gasteiger partial charge in [0.2, 0.25) is 0 Å². The standard InChI is InChI=1S/C18H16O2/c1-18-9-8-14-13-5-3-12(19)10-11(13)2-4-15(14)16(18)6-7-17(18)20/h2-5,8-10,16,19H,6-7H2,1H3/t16-,18-/m0/s1. The van der Waals surface area contributed by atoms with Crippen LogP contribution in [0.5, 0.6) is 5.75 Å². The molecule has 0 radical (unpaired) electrons. The summed E-state index contributed by atoms with van der Waals surface area (Å²) in [6.07, 6.45) is 5.80. The van der Waals surface area contributed by atoms with Gasteiger partial charge in [-0.2, -0.15) is 0 Å². The number of rotatable bonds is 0. The van der Waals surface area contributed by atoms with Crippen molar-refractivity contribution in [3.8, 4) is 5.75 Å². The van der Waals surface area contributed by atoms with Gasteiger partial charge < -0.3 is 5.11 Å². The maximum absolute atomic E-state index is 12.2. The number of phenolic OH excluding ortho intramolecular Hbond substituents is 1. The quantitative estimate of drug-likeness (QED) is 0.780. The summed E-state index contributed by atoms with van der Waals surface area (Å²) in [6.45, 7) is 2.06. The summed E-state index contributed by atoms with van der Waals surface area (Å²) >= 11 is 0. The maximum Gasteiger partial charge on any atom is 0.143 e. The third-order valence-electron chi connectivity index (χ3n) is 5.04. The predicted octanol–water partition coefficient (Wildman–Crippen LogP) is 4.03. The number of aromatic hydroxyl groups is 1. The van der Waals surface area contributed by atoms with Crippen LogP contribution in [0.3, 0.4) is 0 Å². The van der Waals surface area contributed by atoms with Crippen molar-refractivity contribution >= 4 is 22.6 Å². The van der Waals surface area contributed by atoms with Gasteiger partial charge in [-0.3, -0.25) is 4.79 Å². The molecule has 2 aliphatic carbocycles. The lowest BCUT2D eigenvalue weighted by molar-refractivity contribution is -0.123. The monoisotopic (exact) mass is 264 g/mol. The molecular formula is C18H16O2. The molecule has 0 saturated heterocycles. The van der Waals surface area contributed by atoms with Crippen LogP contribution >= 0.6 is 0 Å². The first-order valence-corrected chi connectivity index (χ1v) is 7.08. The number of benzene rings is 2. The Morgan fingerprint density at radius 3 is 2.95 bits per heavy atom. The molecule has 0 aliphatic heterocycles. The summed E-state index contributed by atoms with van der Waals surface area (Å²) in [6, 6.07) is 9.66. The molecule has 1 saturated carbocycles. The van der Waals surface area contributed by atoms with Crippen LogP contribution in [0.15, 0.2) is 36.4 Å². The highest BCUT2D eigenvalue weighted by Gasteiger charge is 2.46. The van der Waals surface area contributed by atoms with E-state index in [1.807, 2.05) is 6.07 Å². The SMILES string of the molecule is C[C@]12C=Cc3c(ccc4cc(O)ccc34)[C@@H]1CCC2=O. The Labute approximate surface area is 117 Å². The highest BCUT2D eigenvalue weighted by molar-refractivity contribution is 5.98. The van der Waals surface area contributed by atoms with Crippen molar-refractivity contribution < 1.29 is 9.90 Å². The number of phenols is 1. The Hall–Kier alpha value is -2.09. The number of ketones is 1. The molecule has 2 aromatic carbocycles. The molecule has 0 unspecified atom stereocenters. The average Bonchev–Trinajstić information content (AvgIpc) is 2.74. The molecule has 0 bridgehead atoms. The molecule has 2 heteroatoms. The minimum atomic E-state index is -0.322. The van der Waals surface area contributed by atoms with E-state index in [9.17, 15) is 9.90 Å². The van der Waals surface area contributed by atoms with Gasteiger partial charge in [0, 0.05) is 12.3 Å². The van der Waals surface area contributed by atoms with Gasteiger partial charge in [-0.05, 0) is 47.4 Å². The number of hydrogen-bond donors (Lipinski definition) is 1. The highest BCUT2D eigenvalue weighted by Crippen LogP contribution is 2.52. The summed E-state index contributed by atoms with van der Waals surface area (Å²) in [7, 11) is 0. The molecule has 0 amide bonds. The molecule has 1 fully saturated rings. The largest absolute Gasteiger partial charge is 0.508 e. The van der Waals surface area contributed by atoms with Crippen LogP contribution in [0, 0.1) is 5.41 Å². The third-order valence-corrected chi connectivity index (χ3v) is 5.04. The second kappa shape index (κ2) is 3.72. The van der Waals surface area contributed by atoms with Crippen LogP contribution in [0.25, 0.3) is 16.8 Å². The number of Topliss-reactive ketones (excluding diaryl/α,β-unsaturated/α-hetero) is 1. The van der Waals surface area contributed by atoms with E-state index >= 15 is 0 Å². The highest BCUT2D eigenvalue weighted by atomic mass is 16.3. The molecule has 100 valence electrons. The molecular weight excluding hydrogens is 248 g/mol. The Kier molecular flexibility index (Phi) is 2.18. The van der Waals surface area contributed by atoms with Crippen molar-refractivity contribution in [3.63, 3.8) is 0 Å². The van der Waals surface area contributed by atoms with Gasteiger partial charge in [0.25, 0.3) is 0 Å². The summed E-state index contributed by atoms with van der Waals surface area (Å²) < 4.78 is 0. The summed E-state index contributed by atoms with van der Waals surface area (Å²) in [4.78, 5) is 12.2. The molecule has 2 aromatic rings. The normalized spacial score (nSPS) is 27.6. The molecule has 2 atom stereocenters. The van der Waals surface area contributed by atoms with Crippen LogP contribution in [-0.2, 0) is 4.79 Å². The second-order valence-corrected chi connectivity index (χ2v) is 6.10. The van der Waals surface area contributed by atoms with E-state index in [2.05, 4.69) is 31.2 Å². The minimum Gasteiger partial charge on any atom is -0.508 e. The van der Waals surface area contributed by atoms with Crippen LogP contribution in [0.4, 0.5) is 0 Å². The molecule has 2 aliphatic rings. The molecule has 4 rings (SSSR count). The number of carbonyl (C=O) groups excluding carboxylic acids is 1.